The lowest BCUT2D eigenvalue weighted by Gasteiger charge is -2.12. The number of para-hydroxylation sites is 1. The minimum absolute atomic E-state index is 0.0654. The van der Waals surface area contributed by atoms with Gasteiger partial charge in [-0.1, -0.05) is 30.0 Å². The molecule has 1 heterocycles. The number of thioether (sulfide) groups is 1. The molecule has 8 heteroatoms. The number of anilines is 1. The fourth-order valence-electron chi connectivity index (χ4n) is 2.24. The van der Waals surface area contributed by atoms with E-state index >= 15 is 0 Å². The van der Waals surface area contributed by atoms with Crippen LogP contribution in [-0.2, 0) is 9.59 Å². The van der Waals surface area contributed by atoms with Crippen molar-refractivity contribution in [3.63, 3.8) is 0 Å². The third-order valence-electron chi connectivity index (χ3n) is 3.62. The van der Waals surface area contributed by atoms with E-state index in [1.54, 1.807) is 6.33 Å². The van der Waals surface area contributed by atoms with Gasteiger partial charge in [-0.3, -0.25) is 9.59 Å². The third-order valence-corrected chi connectivity index (χ3v) is 4.58. The van der Waals surface area contributed by atoms with Gasteiger partial charge in [0.1, 0.15) is 6.33 Å². The molecular weight excluding hydrogens is 338 g/mol. The zero-order valence-electron chi connectivity index (χ0n) is 14.9. The highest BCUT2D eigenvalue weighted by Crippen LogP contribution is 2.19. The molecule has 0 aliphatic heterocycles. The van der Waals surface area contributed by atoms with Gasteiger partial charge < -0.3 is 15.2 Å². The first kappa shape index (κ1) is 19.0. The summed E-state index contributed by atoms with van der Waals surface area (Å²) in [6.45, 7) is 7.84. The topological polar surface area (TPSA) is 88.9 Å². The van der Waals surface area contributed by atoms with Crippen LogP contribution in [0.15, 0.2) is 29.7 Å². The van der Waals surface area contributed by atoms with E-state index in [0.717, 1.165) is 16.8 Å². The van der Waals surface area contributed by atoms with Crippen molar-refractivity contribution in [2.24, 2.45) is 0 Å². The molecule has 0 saturated heterocycles. The molecule has 2 aromatic rings. The fraction of sp³-hybridized carbons (Fsp3) is 0.412. The number of amides is 2. The number of carbonyl (C=O) groups is 2. The molecule has 25 heavy (non-hydrogen) atoms. The van der Waals surface area contributed by atoms with Gasteiger partial charge in [-0.2, -0.15) is 0 Å². The molecule has 1 aromatic carbocycles. The molecule has 2 rings (SSSR count). The first-order valence-electron chi connectivity index (χ1n) is 8.03. The van der Waals surface area contributed by atoms with E-state index in [-0.39, 0.29) is 30.2 Å². The highest BCUT2D eigenvalue weighted by Gasteiger charge is 2.12. The molecule has 0 fully saturated rings. The second-order valence-corrected chi connectivity index (χ2v) is 6.94. The summed E-state index contributed by atoms with van der Waals surface area (Å²) in [5, 5.41) is 14.0. The smallest absolute Gasteiger partial charge is 0.243 e. The molecule has 0 radical (unpaired) electrons. The maximum Gasteiger partial charge on any atom is 0.243 e. The number of nitrogens with zero attached hydrogens (tertiary/aromatic N) is 3. The Labute approximate surface area is 151 Å². The van der Waals surface area contributed by atoms with Gasteiger partial charge in [0.25, 0.3) is 0 Å². The van der Waals surface area contributed by atoms with Gasteiger partial charge in [-0.15, -0.1) is 10.2 Å². The largest absolute Gasteiger partial charge is 0.346 e. The molecule has 2 amide bonds. The Morgan fingerprint density at radius 2 is 1.88 bits per heavy atom. The molecule has 7 nitrogen and oxygen atoms in total. The maximum atomic E-state index is 12.0. The number of nitrogens with one attached hydrogen (secondary N) is 2. The number of hydrogen-bond donors (Lipinski definition) is 2. The molecular formula is C17H23N5O2S. The molecule has 0 unspecified atom stereocenters. The molecule has 0 spiro atoms. The Morgan fingerprint density at radius 3 is 2.52 bits per heavy atom. The van der Waals surface area contributed by atoms with Crippen LogP contribution in [0.3, 0.4) is 0 Å². The summed E-state index contributed by atoms with van der Waals surface area (Å²) in [6, 6.07) is 6.03. The quantitative estimate of drug-likeness (QED) is 0.739. The fourth-order valence-corrected chi connectivity index (χ4v) is 3.12. The second kappa shape index (κ2) is 8.66. The van der Waals surface area contributed by atoms with Crippen LogP contribution in [0, 0.1) is 13.8 Å². The van der Waals surface area contributed by atoms with Crippen molar-refractivity contribution in [3.05, 3.63) is 35.7 Å². The highest BCUT2D eigenvalue weighted by molar-refractivity contribution is 7.99. The Hall–Kier alpha value is -2.35. The summed E-state index contributed by atoms with van der Waals surface area (Å²) in [5.74, 6) is -0.289. The van der Waals surface area contributed by atoms with E-state index in [2.05, 4.69) is 20.8 Å². The van der Waals surface area contributed by atoms with E-state index in [4.69, 9.17) is 0 Å². The average Bonchev–Trinajstić information content (AvgIpc) is 3.03. The van der Waals surface area contributed by atoms with E-state index in [1.807, 2.05) is 50.5 Å². The van der Waals surface area contributed by atoms with Crippen LogP contribution in [0.5, 0.6) is 0 Å². The summed E-state index contributed by atoms with van der Waals surface area (Å²) in [5.41, 5.74) is 2.77. The third kappa shape index (κ3) is 5.32. The van der Waals surface area contributed by atoms with Crippen LogP contribution >= 0.6 is 11.8 Å². The standard InChI is InChI=1S/C17H23N5O2S/c1-11(2)22-10-19-21-17(22)25-9-15(24)18-8-14(23)20-16-12(3)6-5-7-13(16)4/h5-7,10-11H,8-9H2,1-4H3,(H,18,24)(H,20,23). The summed E-state index contributed by atoms with van der Waals surface area (Å²) < 4.78 is 1.89. The predicted octanol–water partition coefficient (Wildman–Crippen LogP) is 2.32. The lowest BCUT2D eigenvalue weighted by atomic mass is 10.1. The Bertz CT molecular complexity index is 737. The Balaban J connectivity index is 1.80. The summed E-state index contributed by atoms with van der Waals surface area (Å²) in [7, 11) is 0. The van der Waals surface area contributed by atoms with Crippen molar-refractivity contribution >= 4 is 29.3 Å². The number of aromatic nitrogens is 3. The summed E-state index contributed by atoms with van der Waals surface area (Å²) in [4.78, 5) is 24.0. The first-order chi connectivity index (χ1) is 11.9. The Morgan fingerprint density at radius 1 is 1.20 bits per heavy atom. The van der Waals surface area contributed by atoms with Crippen molar-refractivity contribution in [1.82, 2.24) is 20.1 Å². The highest BCUT2D eigenvalue weighted by atomic mass is 32.2. The van der Waals surface area contributed by atoms with Crippen LogP contribution in [0.4, 0.5) is 5.69 Å². The number of hydrogen-bond acceptors (Lipinski definition) is 5. The van der Waals surface area contributed by atoms with E-state index in [9.17, 15) is 9.59 Å². The molecule has 0 saturated carbocycles. The van der Waals surface area contributed by atoms with Crippen LogP contribution in [0.1, 0.15) is 31.0 Å². The van der Waals surface area contributed by atoms with Crippen molar-refractivity contribution in [1.29, 1.82) is 0 Å². The van der Waals surface area contributed by atoms with Crippen LogP contribution in [0.25, 0.3) is 0 Å². The van der Waals surface area contributed by atoms with Gasteiger partial charge in [-0.25, -0.2) is 0 Å². The van der Waals surface area contributed by atoms with Gasteiger partial charge in [-0.05, 0) is 38.8 Å². The van der Waals surface area contributed by atoms with Crippen molar-refractivity contribution < 1.29 is 9.59 Å². The lowest BCUT2D eigenvalue weighted by Crippen LogP contribution is -2.34. The van der Waals surface area contributed by atoms with Gasteiger partial charge in [0.15, 0.2) is 5.16 Å². The van der Waals surface area contributed by atoms with Gasteiger partial charge in [0.2, 0.25) is 11.8 Å². The van der Waals surface area contributed by atoms with Crippen molar-refractivity contribution in [2.45, 2.75) is 38.9 Å². The second-order valence-electron chi connectivity index (χ2n) is 5.99. The average molecular weight is 361 g/mol. The molecule has 2 N–H and O–H groups in total. The van der Waals surface area contributed by atoms with Crippen molar-refractivity contribution in [2.75, 3.05) is 17.6 Å². The molecule has 0 bridgehead atoms. The van der Waals surface area contributed by atoms with E-state index in [0.29, 0.717) is 5.16 Å². The van der Waals surface area contributed by atoms with Crippen molar-refractivity contribution in [3.8, 4) is 0 Å². The number of rotatable bonds is 7. The predicted molar refractivity (Wildman–Crippen MR) is 98.7 cm³/mol. The zero-order chi connectivity index (χ0) is 18.4. The number of carbonyl (C=O) groups excluding carboxylic acids is 2. The van der Waals surface area contributed by atoms with Crippen LogP contribution in [0.2, 0.25) is 0 Å². The minimum Gasteiger partial charge on any atom is -0.346 e. The molecule has 0 atom stereocenters. The van der Waals surface area contributed by atoms with Crippen LogP contribution < -0.4 is 10.6 Å². The summed E-state index contributed by atoms with van der Waals surface area (Å²) in [6.07, 6.45) is 1.64. The molecule has 134 valence electrons. The van der Waals surface area contributed by atoms with Gasteiger partial charge in [0.05, 0.1) is 12.3 Å². The number of benzene rings is 1. The molecule has 0 aliphatic carbocycles. The SMILES string of the molecule is Cc1cccc(C)c1NC(=O)CNC(=O)CSc1nncn1C(C)C. The first-order valence-corrected chi connectivity index (χ1v) is 9.02. The molecule has 1 aromatic heterocycles. The van der Waals surface area contributed by atoms with Gasteiger partial charge in [0, 0.05) is 11.7 Å². The van der Waals surface area contributed by atoms with E-state index in [1.165, 1.54) is 11.8 Å². The zero-order valence-corrected chi connectivity index (χ0v) is 15.7. The molecule has 0 aliphatic rings. The monoisotopic (exact) mass is 361 g/mol. The minimum atomic E-state index is -0.249. The van der Waals surface area contributed by atoms with Crippen LogP contribution in [-0.4, -0.2) is 38.9 Å². The van der Waals surface area contributed by atoms with E-state index < -0.39 is 0 Å². The maximum absolute atomic E-state index is 12.0. The lowest BCUT2D eigenvalue weighted by molar-refractivity contribution is -0.122. The summed E-state index contributed by atoms with van der Waals surface area (Å²) >= 11 is 1.30. The normalized spacial score (nSPS) is 10.8. The Kier molecular flexibility index (Phi) is 6.58. The number of aryl methyl sites for hydroxylation is 2. The van der Waals surface area contributed by atoms with Gasteiger partial charge >= 0.3 is 0 Å².